The lowest BCUT2D eigenvalue weighted by atomic mass is 10.0. The van der Waals surface area contributed by atoms with E-state index in [0.29, 0.717) is 17.5 Å². The van der Waals surface area contributed by atoms with E-state index in [0.717, 1.165) is 0 Å². The number of nitrogens with two attached hydrogens (primary N) is 1. The highest BCUT2D eigenvalue weighted by Crippen LogP contribution is 2.25. The highest BCUT2D eigenvalue weighted by molar-refractivity contribution is 5.42. The smallest absolute Gasteiger partial charge is 0.121 e. The third-order valence-corrected chi connectivity index (χ3v) is 2.00. The number of rotatable bonds is 3. The maximum absolute atomic E-state index is 9.51. The second-order valence-corrected chi connectivity index (χ2v) is 3.00. The van der Waals surface area contributed by atoms with Crippen molar-refractivity contribution in [1.29, 1.82) is 5.26 Å². The fourth-order valence-electron chi connectivity index (χ4n) is 1.22. The molecule has 0 spiro atoms. The van der Waals surface area contributed by atoms with Gasteiger partial charge in [-0.2, -0.15) is 5.26 Å². The lowest BCUT2D eigenvalue weighted by Crippen LogP contribution is -2.12. The normalized spacial score (nSPS) is 12.1. The van der Waals surface area contributed by atoms with Crippen LogP contribution in [0.1, 0.15) is 23.6 Å². The van der Waals surface area contributed by atoms with Gasteiger partial charge in [-0.1, -0.05) is 6.07 Å². The molecule has 1 atom stereocenters. The Bertz CT molecular complexity index is 358. The van der Waals surface area contributed by atoms with Crippen molar-refractivity contribution in [2.75, 3.05) is 6.61 Å². The Balaban J connectivity index is 2.95. The monoisotopic (exact) mass is 192 g/mol. The van der Waals surface area contributed by atoms with Crippen molar-refractivity contribution in [2.45, 2.75) is 12.5 Å². The average Bonchev–Trinajstić information content (AvgIpc) is 2.17. The molecule has 0 saturated carbocycles. The molecule has 0 bridgehead atoms. The Morgan fingerprint density at radius 1 is 1.50 bits per heavy atom. The van der Waals surface area contributed by atoms with E-state index in [-0.39, 0.29) is 12.4 Å². The van der Waals surface area contributed by atoms with E-state index < -0.39 is 6.04 Å². The predicted molar refractivity (Wildman–Crippen MR) is 51.5 cm³/mol. The summed E-state index contributed by atoms with van der Waals surface area (Å²) >= 11 is 0. The molecule has 0 fully saturated rings. The summed E-state index contributed by atoms with van der Waals surface area (Å²) in [6.45, 7) is -0.0272. The molecule has 0 amide bonds. The van der Waals surface area contributed by atoms with Gasteiger partial charge in [0.2, 0.25) is 0 Å². The zero-order valence-electron chi connectivity index (χ0n) is 7.64. The molecule has 0 aliphatic carbocycles. The summed E-state index contributed by atoms with van der Waals surface area (Å²) in [5, 5.41) is 26.7. The number of hydrogen-bond donors (Lipinski definition) is 3. The van der Waals surface area contributed by atoms with Gasteiger partial charge < -0.3 is 15.9 Å². The van der Waals surface area contributed by atoms with Crippen LogP contribution >= 0.6 is 0 Å². The molecule has 1 aromatic carbocycles. The van der Waals surface area contributed by atoms with Gasteiger partial charge in [0.05, 0.1) is 11.6 Å². The summed E-state index contributed by atoms with van der Waals surface area (Å²) in [5.74, 6) is 0.00463. The molecule has 4 heteroatoms. The first-order valence-electron chi connectivity index (χ1n) is 4.28. The Morgan fingerprint density at radius 3 is 2.71 bits per heavy atom. The molecule has 1 aromatic rings. The number of aliphatic hydroxyl groups excluding tert-OH is 1. The minimum absolute atomic E-state index is 0.00463. The minimum Gasteiger partial charge on any atom is -0.508 e. The summed E-state index contributed by atoms with van der Waals surface area (Å²) in [5.41, 5.74) is 6.64. The molecule has 74 valence electrons. The van der Waals surface area contributed by atoms with Crippen LogP contribution in [0, 0.1) is 11.3 Å². The van der Waals surface area contributed by atoms with E-state index in [1.807, 2.05) is 6.07 Å². The lowest BCUT2D eigenvalue weighted by molar-refractivity contribution is 0.275. The van der Waals surface area contributed by atoms with Crippen LogP contribution in [0.5, 0.6) is 5.75 Å². The van der Waals surface area contributed by atoms with Gasteiger partial charge in [-0.05, 0) is 18.6 Å². The first kappa shape index (κ1) is 10.5. The SMILES string of the molecule is N#Cc1ccc(C(N)CCO)c(O)c1. The van der Waals surface area contributed by atoms with Gasteiger partial charge in [0.1, 0.15) is 5.75 Å². The third kappa shape index (κ3) is 2.22. The fourth-order valence-corrected chi connectivity index (χ4v) is 1.22. The molecule has 0 saturated heterocycles. The zero-order chi connectivity index (χ0) is 10.6. The van der Waals surface area contributed by atoms with E-state index in [2.05, 4.69) is 0 Å². The molecule has 1 rings (SSSR count). The van der Waals surface area contributed by atoms with E-state index >= 15 is 0 Å². The summed E-state index contributed by atoms with van der Waals surface area (Å²) in [4.78, 5) is 0. The minimum atomic E-state index is -0.396. The standard InChI is InChI=1S/C10H12N2O2/c11-6-7-1-2-8(10(14)5-7)9(12)3-4-13/h1-2,5,9,13-14H,3-4,12H2. The zero-order valence-corrected chi connectivity index (χ0v) is 7.64. The Kier molecular flexibility index (Phi) is 3.46. The van der Waals surface area contributed by atoms with Crippen LogP contribution in [0.15, 0.2) is 18.2 Å². The lowest BCUT2D eigenvalue weighted by Gasteiger charge is -2.11. The molecule has 1 unspecified atom stereocenters. The third-order valence-electron chi connectivity index (χ3n) is 2.00. The molecular weight excluding hydrogens is 180 g/mol. The molecule has 0 aliphatic rings. The van der Waals surface area contributed by atoms with Crippen LogP contribution in [0.3, 0.4) is 0 Å². The number of phenolic OH excluding ortho intramolecular Hbond substituents is 1. The topological polar surface area (TPSA) is 90.3 Å². The number of benzene rings is 1. The second kappa shape index (κ2) is 4.61. The highest BCUT2D eigenvalue weighted by Gasteiger charge is 2.10. The summed E-state index contributed by atoms with van der Waals surface area (Å²) in [6.07, 6.45) is 0.388. The number of hydrogen-bond acceptors (Lipinski definition) is 4. The molecule has 0 aromatic heterocycles. The first-order chi connectivity index (χ1) is 6.69. The van der Waals surface area contributed by atoms with Crippen LogP contribution in [0.25, 0.3) is 0 Å². The highest BCUT2D eigenvalue weighted by atomic mass is 16.3. The van der Waals surface area contributed by atoms with Gasteiger partial charge in [-0.3, -0.25) is 0 Å². The van der Waals surface area contributed by atoms with Gasteiger partial charge in [0.25, 0.3) is 0 Å². The van der Waals surface area contributed by atoms with E-state index in [1.54, 1.807) is 12.1 Å². The van der Waals surface area contributed by atoms with Gasteiger partial charge in [-0.25, -0.2) is 0 Å². The number of phenols is 1. The van der Waals surface area contributed by atoms with Crippen LogP contribution < -0.4 is 5.73 Å². The molecule has 14 heavy (non-hydrogen) atoms. The number of aromatic hydroxyl groups is 1. The maximum Gasteiger partial charge on any atom is 0.121 e. The van der Waals surface area contributed by atoms with Crippen LogP contribution in [-0.4, -0.2) is 16.8 Å². The van der Waals surface area contributed by atoms with Crippen LogP contribution in [-0.2, 0) is 0 Å². The molecule has 0 aliphatic heterocycles. The fraction of sp³-hybridized carbons (Fsp3) is 0.300. The van der Waals surface area contributed by atoms with Crippen molar-refractivity contribution in [2.24, 2.45) is 5.73 Å². The quantitative estimate of drug-likeness (QED) is 0.655. The molecule has 4 nitrogen and oxygen atoms in total. The van der Waals surface area contributed by atoms with E-state index in [4.69, 9.17) is 16.1 Å². The van der Waals surface area contributed by atoms with Crippen molar-refractivity contribution < 1.29 is 10.2 Å². The van der Waals surface area contributed by atoms with Crippen molar-refractivity contribution in [3.63, 3.8) is 0 Å². The Labute approximate surface area is 82.2 Å². The van der Waals surface area contributed by atoms with Crippen molar-refractivity contribution in [1.82, 2.24) is 0 Å². The number of aliphatic hydroxyl groups is 1. The van der Waals surface area contributed by atoms with Crippen molar-refractivity contribution >= 4 is 0 Å². The average molecular weight is 192 g/mol. The first-order valence-corrected chi connectivity index (χ1v) is 4.28. The summed E-state index contributed by atoms with van der Waals surface area (Å²) < 4.78 is 0. The van der Waals surface area contributed by atoms with Crippen molar-refractivity contribution in [3.8, 4) is 11.8 Å². The summed E-state index contributed by atoms with van der Waals surface area (Å²) in [7, 11) is 0. The molecule has 0 heterocycles. The molecule has 0 radical (unpaired) electrons. The number of nitriles is 1. The summed E-state index contributed by atoms with van der Waals surface area (Å²) in [6, 6.07) is 6.08. The van der Waals surface area contributed by atoms with E-state index in [1.165, 1.54) is 6.07 Å². The number of nitrogens with zero attached hydrogens (tertiary/aromatic N) is 1. The maximum atomic E-state index is 9.51. The Morgan fingerprint density at radius 2 is 2.21 bits per heavy atom. The van der Waals surface area contributed by atoms with Crippen LogP contribution in [0.4, 0.5) is 0 Å². The van der Waals surface area contributed by atoms with Gasteiger partial charge in [0, 0.05) is 18.2 Å². The molecule has 4 N–H and O–H groups in total. The molecular formula is C10H12N2O2. The predicted octanol–water partition coefficient (Wildman–Crippen LogP) is 0.646. The largest absolute Gasteiger partial charge is 0.508 e. The van der Waals surface area contributed by atoms with Gasteiger partial charge in [0.15, 0.2) is 0 Å². The second-order valence-electron chi connectivity index (χ2n) is 3.00. The Hall–Kier alpha value is -1.57. The van der Waals surface area contributed by atoms with Crippen molar-refractivity contribution in [3.05, 3.63) is 29.3 Å². The van der Waals surface area contributed by atoms with Gasteiger partial charge >= 0.3 is 0 Å². The van der Waals surface area contributed by atoms with E-state index in [9.17, 15) is 5.11 Å². The van der Waals surface area contributed by atoms with Gasteiger partial charge in [-0.15, -0.1) is 0 Å². The van der Waals surface area contributed by atoms with Crippen LogP contribution in [0.2, 0.25) is 0 Å².